The lowest BCUT2D eigenvalue weighted by Crippen LogP contribution is -2.49. The molecule has 4 rings (SSSR count). The lowest BCUT2D eigenvalue weighted by molar-refractivity contribution is -0.132. The third-order valence-corrected chi connectivity index (χ3v) is 7.58. The summed E-state index contributed by atoms with van der Waals surface area (Å²) < 4.78 is 68.7. The maximum Gasteiger partial charge on any atom is 0.324 e. The van der Waals surface area contributed by atoms with Gasteiger partial charge in [0.15, 0.2) is 9.84 Å². The topological polar surface area (TPSA) is 125 Å². The van der Waals surface area contributed by atoms with Gasteiger partial charge in [0.25, 0.3) is 5.91 Å². The Morgan fingerprint density at radius 1 is 1.05 bits per heavy atom. The Labute approximate surface area is 210 Å². The summed E-state index contributed by atoms with van der Waals surface area (Å²) in [7, 11) is -3.24. The van der Waals surface area contributed by atoms with E-state index in [0.29, 0.717) is 24.5 Å². The third-order valence-electron chi connectivity index (χ3n) is 5.97. The van der Waals surface area contributed by atoms with E-state index in [1.807, 2.05) is 0 Å². The summed E-state index contributed by atoms with van der Waals surface area (Å²) in [6, 6.07) is 7.93. The van der Waals surface area contributed by atoms with Crippen LogP contribution in [0.3, 0.4) is 0 Å². The second-order valence-electron chi connectivity index (χ2n) is 8.45. The van der Waals surface area contributed by atoms with Crippen LogP contribution in [0.25, 0.3) is 0 Å². The molecule has 2 aliphatic rings. The summed E-state index contributed by atoms with van der Waals surface area (Å²) in [5.74, 6) is -3.25. The van der Waals surface area contributed by atoms with E-state index in [2.05, 4.69) is 0 Å². The van der Waals surface area contributed by atoms with Crippen molar-refractivity contribution in [3.63, 3.8) is 0 Å². The molecule has 0 saturated carbocycles. The number of hydrogen-bond acceptors (Lipinski definition) is 6. The highest BCUT2D eigenvalue weighted by atomic mass is 32.2. The van der Waals surface area contributed by atoms with Crippen LogP contribution in [0, 0.1) is 5.82 Å². The van der Waals surface area contributed by atoms with Gasteiger partial charge in [0.2, 0.25) is 0 Å². The zero-order chi connectivity index (χ0) is 26.7. The molecule has 0 spiro atoms. The molecule has 1 saturated heterocycles. The minimum atomic E-state index is -3.34. The van der Waals surface area contributed by atoms with Crippen molar-refractivity contribution < 1.29 is 40.7 Å². The fourth-order valence-corrected chi connectivity index (χ4v) is 5.12. The second kappa shape index (κ2) is 10.7. The number of halogens is 3. The van der Waals surface area contributed by atoms with Crippen molar-refractivity contribution in [2.45, 2.75) is 19.4 Å². The Morgan fingerprint density at radius 3 is 2.46 bits per heavy atom. The molecular weight excluding hydrogens is 517 g/mol. The van der Waals surface area contributed by atoms with Crippen molar-refractivity contribution in [2.75, 3.05) is 36.1 Å². The van der Waals surface area contributed by atoms with Crippen LogP contribution in [0.5, 0.6) is 5.75 Å². The van der Waals surface area contributed by atoms with Gasteiger partial charge in [0.05, 0.1) is 24.7 Å². The van der Waals surface area contributed by atoms with E-state index in [-0.39, 0.29) is 42.3 Å². The number of fused-ring (bicyclic) bond motifs is 1. The molecule has 2 aromatic carbocycles. The first kappa shape index (κ1) is 26.3. The van der Waals surface area contributed by atoms with Gasteiger partial charge < -0.3 is 9.64 Å². The minimum Gasteiger partial charge on any atom is -0.493 e. The summed E-state index contributed by atoms with van der Waals surface area (Å²) in [5.41, 5.74) is 4.42. The first-order valence-electron chi connectivity index (χ1n) is 11.2. The van der Waals surface area contributed by atoms with E-state index in [1.54, 1.807) is 23.6 Å². The fraction of sp³-hybridized carbons (Fsp3) is 0.348. The number of benzene rings is 2. The molecule has 2 heterocycles. The summed E-state index contributed by atoms with van der Waals surface area (Å²) >= 11 is 0. The summed E-state index contributed by atoms with van der Waals surface area (Å²) in [6.07, 6.45) is -2.71. The van der Waals surface area contributed by atoms with Crippen LogP contribution < -0.4 is 20.5 Å². The molecule has 0 aliphatic carbocycles. The van der Waals surface area contributed by atoms with Crippen LogP contribution >= 0.6 is 0 Å². The van der Waals surface area contributed by atoms with Crippen LogP contribution in [0.4, 0.5) is 23.7 Å². The van der Waals surface area contributed by atoms with Crippen LogP contribution in [0.15, 0.2) is 36.4 Å². The number of hydrazine groups is 1. The Bertz CT molecular complexity index is 1320. The Balaban J connectivity index is 1.56. The van der Waals surface area contributed by atoms with Crippen LogP contribution in [0.2, 0.25) is 0 Å². The summed E-state index contributed by atoms with van der Waals surface area (Å²) in [5, 5.41) is 0. The number of hydrogen-bond donors (Lipinski definition) is 2. The van der Waals surface area contributed by atoms with Gasteiger partial charge in [-0.2, -0.15) is 8.78 Å². The highest BCUT2D eigenvalue weighted by molar-refractivity contribution is 7.91. The Kier molecular flexibility index (Phi) is 7.57. The molecule has 0 atom stereocenters. The van der Waals surface area contributed by atoms with Crippen molar-refractivity contribution in [3.8, 4) is 5.75 Å². The van der Waals surface area contributed by atoms with E-state index >= 15 is 4.39 Å². The van der Waals surface area contributed by atoms with Gasteiger partial charge in [0.1, 0.15) is 11.6 Å². The summed E-state index contributed by atoms with van der Waals surface area (Å²) in [4.78, 5) is 39.2. The van der Waals surface area contributed by atoms with Gasteiger partial charge in [-0.1, -0.05) is 6.07 Å². The number of urea groups is 1. The first-order chi connectivity index (χ1) is 17.5. The largest absolute Gasteiger partial charge is 0.493 e. The van der Waals surface area contributed by atoms with E-state index < -0.39 is 39.9 Å². The lowest BCUT2D eigenvalue weighted by Gasteiger charge is -2.33. The quantitative estimate of drug-likeness (QED) is 0.556. The molecule has 0 bridgehead atoms. The van der Waals surface area contributed by atoms with Gasteiger partial charge in [-0.3, -0.25) is 25.3 Å². The number of alkyl halides is 2. The number of ether oxygens (including phenoxy) is 1. The number of sulfone groups is 1. The molecule has 14 heteroatoms. The molecular formula is C23H23F3N4O6S. The van der Waals surface area contributed by atoms with Crippen molar-refractivity contribution >= 4 is 33.4 Å². The number of amides is 4. The monoisotopic (exact) mass is 540 g/mol. The molecule has 37 heavy (non-hydrogen) atoms. The fourth-order valence-electron chi connectivity index (χ4n) is 3.92. The third kappa shape index (κ3) is 6.13. The highest BCUT2D eigenvalue weighted by Crippen LogP contribution is 2.31. The zero-order valence-corrected chi connectivity index (χ0v) is 20.2. The smallest absolute Gasteiger partial charge is 0.324 e. The van der Waals surface area contributed by atoms with E-state index in [9.17, 15) is 31.6 Å². The van der Waals surface area contributed by atoms with Crippen molar-refractivity contribution in [1.29, 1.82) is 0 Å². The number of anilines is 1. The molecule has 4 amide bonds. The number of carbonyl (C=O) groups is 3. The highest BCUT2D eigenvalue weighted by Gasteiger charge is 2.30. The number of rotatable bonds is 5. The molecule has 2 N–H and O–H groups in total. The molecule has 198 valence electrons. The van der Waals surface area contributed by atoms with Gasteiger partial charge in [-0.05, 0) is 35.9 Å². The molecule has 0 radical (unpaired) electrons. The van der Waals surface area contributed by atoms with Crippen LogP contribution in [0.1, 0.15) is 21.5 Å². The van der Waals surface area contributed by atoms with Crippen molar-refractivity contribution in [3.05, 3.63) is 58.9 Å². The molecule has 10 nitrogen and oxygen atoms in total. The molecule has 0 aromatic heterocycles. The van der Waals surface area contributed by atoms with E-state index in [0.717, 1.165) is 11.6 Å². The normalized spacial score (nSPS) is 16.1. The summed E-state index contributed by atoms with van der Waals surface area (Å²) in [6.45, 7) is 0.250. The van der Waals surface area contributed by atoms with Gasteiger partial charge in [-0.15, -0.1) is 0 Å². The van der Waals surface area contributed by atoms with Crippen molar-refractivity contribution in [1.82, 2.24) is 15.8 Å². The van der Waals surface area contributed by atoms with Crippen LogP contribution in [-0.4, -0.2) is 68.8 Å². The lowest BCUT2D eigenvalue weighted by atomic mass is 10.1. The predicted molar refractivity (Wildman–Crippen MR) is 125 cm³/mol. The molecule has 2 aliphatic heterocycles. The second-order valence-corrected chi connectivity index (χ2v) is 10.8. The number of nitrogens with one attached hydrogen (secondary N) is 2. The SMILES string of the molecule is O=C(NNC(=O)C(F)F)c1ccc(CN(C(=O)N2CCS(=O)(=O)CC2)c2ccc3c(c2)CCO3)c(F)c1. The Hall–Kier alpha value is -3.81. The van der Waals surface area contributed by atoms with Crippen molar-refractivity contribution in [2.24, 2.45) is 0 Å². The molecule has 0 unspecified atom stereocenters. The minimum absolute atomic E-state index is 0.00233. The number of carbonyl (C=O) groups excluding carboxylic acids is 3. The maximum atomic E-state index is 15.0. The predicted octanol–water partition coefficient (Wildman–Crippen LogP) is 1.64. The maximum absolute atomic E-state index is 15.0. The van der Waals surface area contributed by atoms with Crippen LogP contribution in [-0.2, 0) is 27.6 Å². The average molecular weight is 541 g/mol. The number of nitrogens with zero attached hydrogens (tertiary/aromatic N) is 2. The van der Waals surface area contributed by atoms with Gasteiger partial charge in [-0.25, -0.2) is 17.6 Å². The molecule has 1 fully saturated rings. The average Bonchev–Trinajstić information content (AvgIpc) is 3.34. The van der Waals surface area contributed by atoms with Gasteiger partial charge in [0, 0.05) is 36.3 Å². The molecule has 2 aromatic rings. The van der Waals surface area contributed by atoms with Gasteiger partial charge >= 0.3 is 18.4 Å². The first-order valence-corrected chi connectivity index (χ1v) is 13.1. The van der Waals surface area contributed by atoms with E-state index in [4.69, 9.17) is 4.74 Å². The van der Waals surface area contributed by atoms with E-state index in [1.165, 1.54) is 27.4 Å². The zero-order valence-electron chi connectivity index (χ0n) is 19.4. The standard InChI is InChI=1S/C23H23F3N4O6S/c24-18-12-15(21(31)27-28-22(32)20(25)26)1-2-16(18)13-30(17-3-4-19-14(11-17)5-8-36-19)23(33)29-6-9-37(34,35)10-7-29/h1-4,11-12,20H,5-10,13H2,(H,27,31)(H,28,32). The Morgan fingerprint density at radius 2 is 1.78 bits per heavy atom.